The van der Waals surface area contributed by atoms with Gasteiger partial charge in [-0.1, -0.05) is 0 Å². The fourth-order valence-corrected chi connectivity index (χ4v) is 0.867. The van der Waals surface area contributed by atoms with Gasteiger partial charge in [-0.05, 0) is 0 Å². The molecule has 0 aliphatic carbocycles. The predicted octanol–water partition coefficient (Wildman–Crippen LogP) is 2.14. The molecule has 0 fully saturated rings. The van der Waals surface area contributed by atoms with Gasteiger partial charge in [0.05, 0.1) is 0 Å². The molecule has 0 radical (unpaired) electrons. The third-order valence-corrected chi connectivity index (χ3v) is 1.48. The Morgan fingerprint density at radius 1 is 1.33 bits per heavy atom. The van der Waals surface area contributed by atoms with Gasteiger partial charge in [-0.15, -0.1) is 0 Å². The molecule has 0 aromatic heterocycles. The third kappa shape index (κ3) is 4.74. The molecule has 0 nitrogen and oxygen atoms in total. The van der Waals surface area contributed by atoms with Crippen LogP contribution in [0.15, 0.2) is 0 Å². The van der Waals surface area contributed by atoms with E-state index in [1.54, 1.807) is 0 Å². The number of unbranched alkanes of at least 4 members (excludes halogenated alkanes) is 2. The maximum absolute atomic E-state index is 2.56. The quantitative estimate of drug-likeness (QED) is 0.543. The van der Waals surface area contributed by atoms with Gasteiger partial charge in [0, 0.05) is 0 Å². The van der Waals surface area contributed by atoms with E-state index in [0.717, 1.165) is 0 Å². The summed E-state index contributed by atoms with van der Waals surface area (Å²) in [6, 6.07) is 0. The molecule has 42 valence electrons. The SMILES string of the molecule is CCCC[CH2][Au]. The zero-order valence-corrected chi connectivity index (χ0v) is 6.30. The van der Waals surface area contributed by atoms with Crippen LogP contribution >= 0.6 is 0 Å². The summed E-state index contributed by atoms with van der Waals surface area (Å²) in [5, 5.41) is 0. The molecule has 0 unspecified atom stereocenters. The molecule has 0 aliphatic rings. The molecule has 6 heavy (non-hydrogen) atoms. The van der Waals surface area contributed by atoms with Gasteiger partial charge >= 0.3 is 51.9 Å². The Bertz CT molecular complexity index is 15.9. The average Bonchev–Trinajstić information content (AvgIpc) is 1.61. The molecule has 0 spiro atoms. The minimum absolute atomic E-state index is 1.30. The van der Waals surface area contributed by atoms with Crippen molar-refractivity contribution in [2.24, 2.45) is 0 Å². The fraction of sp³-hybridized carbons (Fsp3) is 1.00. The van der Waals surface area contributed by atoms with Crippen LogP contribution in [-0.4, -0.2) is 0 Å². The first kappa shape index (κ1) is 6.74. The molecular formula is C5H11Au. The Morgan fingerprint density at radius 2 is 2.00 bits per heavy atom. The van der Waals surface area contributed by atoms with E-state index in [-0.39, 0.29) is 0 Å². The molecule has 0 bridgehead atoms. The van der Waals surface area contributed by atoms with E-state index in [0.29, 0.717) is 0 Å². The molecule has 0 heterocycles. The van der Waals surface area contributed by atoms with Crippen LogP contribution in [-0.2, 0) is 21.1 Å². The summed E-state index contributed by atoms with van der Waals surface area (Å²) in [5.74, 6) is 0. The molecule has 0 saturated carbocycles. The van der Waals surface area contributed by atoms with Gasteiger partial charge in [0.2, 0.25) is 0 Å². The van der Waals surface area contributed by atoms with Gasteiger partial charge < -0.3 is 0 Å². The zero-order chi connectivity index (χ0) is 4.83. The summed E-state index contributed by atoms with van der Waals surface area (Å²) >= 11 is 2.56. The zero-order valence-electron chi connectivity index (χ0n) is 4.13. The van der Waals surface area contributed by atoms with Crippen LogP contribution in [0.1, 0.15) is 26.2 Å². The van der Waals surface area contributed by atoms with E-state index in [1.165, 1.54) is 23.9 Å². The monoisotopic (exact) mass is 268 g/mol. The molecule has 0 aromatic rings. The molecule has 0 saturated heterocycles. The van der Waals surface area contributed by atoms with Crippen molar-refractivity contribution in [3.63, 3.8) is 0 Å². The van der Waals surface area contributed by atoms with Crippen LogP contribution in [0.4, 0.5) is 0 Å². The first-order chi connectivity index (χ1) is 2.91. The Balaban J connectivity index is 2.34. The molecule has 0 rings (SSSR count). The Labute approximate surface area is 52.2 Å². The van der Waals surface area contributed by atoms with Gasteiger partial charge in [-0.25, -0.2) is 0 Å². The first-order valence-corrected chi connectivity index (χ1v) is 3.95. The van der Waals surface area contributed by atoms with Crippen LogP contribution in [0.3, 0.4) is 0 Å². The van der Waals surface area contributed by atoms with Crippen molar-refractivity contribution in [1.29, 1.82) is 0 Å². The van der Waals surface area contributed by atoms with Crippen molar-refractivity contribution >= 4 is 0 Å². The Hall–Kier alpha value is 0.740. The van der Waals surface area contributed by atoms with E-state index in [1.807, 2.05) is 0 Å². The fourth-order valence-electron chi connectivity index (χ4n) is 0.325. The van der Waals surface area contributed by atoms with Gasteiger partial charge in [-0.2, -0.15) is 0 Å². The Kier molecular flexibility index (Phi) is 6.45. The van der Waals surface area contributed by atoms with Crippen molar-refractivity contribution in [3.8, 4) is 0 Å². The molecule has 1 heteroatoms. The summed E-state index contributed by atoms with van der Waals surface area (Å²) in [5.41, 5.74) is 0. The molecule has 0 aliphatic heterocycles. The summed E-state index contributed by atoms with van der Waals surface area (Å²) in [6.07, 6.45) is 4.13. The van der Waals surface area contributed by atoms with Crippen LogP contribution in [0.2, 0.25) is 4.64 Å². The van der Waals surface area contributed by atoms with Crippen molar-refractivity contribution in [2.75, 3.05) is 0 Å². The van der Waals surface area contributed by atoms with Crippen LogP contribution < -0.4 is 0 Å². The average molecular weight is 268 g/mol. The second kappa shape index (κ2) is 5.74. The number of hydrogen-bond donors (Lipinski definition) is 0. The molecule has 0 N–H and O–H groups in total. The predicted molar refractivity (Wildman–Crippen MR) is 24.3 cm³/mol. The van der Waals surface area contributed by atoms with E-state index in [4.69, 9.17) is 0 Å². The van der Waals surface area contributed by atoms with Crippen LogP contribution in [0, 0.1) is 0 Å². The van der Waals surface area contributed by atoms with E-state index in [2.05, 4.69) is 28.0 Å². The maximum atomic E-state index is 2.56. The van der Waals surface area contributed by atoms with Gasteiger partial charge in [0.1, 0.15) is 0 Å². The van der Waals surface area contributed by atoms with Gasteiger partial charge in [0.25, 0.3) is 0 Å². The topological polar surface area (TPSA) is 0 Å². The van der Waals surface area contributed by atoms with E-state index in [9.17, 15) is 0 Å². The molecule has 0 atom stereocenters. The minimum atomic E-state index is 1.30. The van der Waals surface area contributed by atoms with Crippen LogP contribution in [0.25, 0.3) is 0 Å². The second-order valence-corrected chi connectivity index (χ2v) is 2.44. The molecule has 0 amide bonds. The number of rotatable bonds is 3. The normalized spacial score (nSPS) is 9.17. The third-order valence-electron chi connectivity index (χ3n) is 0.710. The van der Waals surface area contributed by atoms with Gasteiger partial charge in [-0.3, -0.25) is 0 Å². The summed E-state index contributed by atoms with van der Waals surface area (Å²) in [6.45, 7) is 2.23. The second-order valence-electron chi connectivity index (χ2n) is 1.36. The summed E-state index contributed by atoms with van der Waals surface area (Å²) < 4.78 is 1.30. The van der Waals surface area contributed by atoms with Crippen molar-refractivity contribution in [2.45, 2.75) is 30.8 Å². The Morgan fingerprint density at radius 3 is 2.17 bits per heavy atom. The van der Waals surface area contributed by atoms with Crippen LogP contribution in [0.5, 0.6) is 0 Å². The van der Waals surface area contributed by atoms with Crippen molar-refractivity contribution in [3.05, 3.63) is 0 Å². The van der Waals surface area contributed by atoms with E-state index < -0.39 is 0 Å². The van der Waals surface area contributed by atoms with Gasteiger partial charge in [0.15, 0.2) is 0 Å². The summed E-state index contributed by atoms with van der Waals surface area (Å²) in [7, 11) is 0. The standard InChI is InChI=1S/C5H11.Au/c1-3-5-4-2;/h1,3-5H2,2H3;. The van der Waals surface area contributed by atoms with Crippen molar-refractivity contribution in [1.82, 2.24) is 0 Å². The van der Waals surface area contributed by atoms with E-state index >= 15 is 0 Å². The number of hydrogen-bond acceptors (Lipinski definition) is 0. The molecular weight excluding hydrogens is 257 g/mol. The molecule has 0 aromatic carbocycles. The summed E-state index contributed by atoms with van der Waals surface area (Å²) in [4.78, 5) is 0. The van der Waals surface area contributed by atoms with Crippen molar-refractivity contribution < 1.29 is 21.1 Å². The first-order valence-electron chi connectivity index (χ1n) is 2.42.